The third-order valence-electron chi connectivity index (χ3n) is 4.98. The van der Waals surface area contributed by atoms with E-state index in [9.17, 15) is 18.0 Å². The van der Waals surface area contributed by atoms with E-state index in [1.807, 2.05) is 0 Å². The van der Waals surface area contributed by atoms with Gasteiger partial charge in [0.15, 0.2) is 0 Å². The van der Waals surface area contributed by atoms with E-state index in [1.165, 1.54) is 25.4 Å². The van der Waals surface area contributed by atoms with Crippen molar-refractivity contribution in [3.8, 4) is 5.75 Å². The van der Waals surface area contributed by atoms with Gasteiger partial charge in [-0.2, -0.15) is 13.2 Å². The molecule has 1 aliphatic rings. The van der Waals surface area contributed by atoms with E-state index in [-0.39, 0.29) is 36.2 Å². The lowest BCUT2D eigenvalue weighted by Gasteiger charge is -2.34. The molecule has 10 heteroatoms. The molecular formula is C21H24F3N3O4. The van der Waals surface area contributed by atoms with Crippen LogP contribution in [0.1, 0.15) is 40.2 Å². The molecule has 1 unspecified atom stereocenters. The predicted molar refractivity (Wildman–Crippen MR) is 108 cm³/mol. The molecule has 0 saturated carbocycles. The Bertz CT molecular complexity index is 906. The number of nitrogens with zero attached hydrogens (tertiary/aromatic N) is 2. The third-order valence-corrected chi connectivity index (χ3v) is 4.98. The Morgan fingerprint density at radius 3 is 2.65 bits per heavy atom. The number of carbonyl (C=O) groups is 2. The molecule has 2 heterocycles. The Kier molecular flexibility index (Phi) is 8.23. The van der Waals surface area contributed by atoms with Crippen molar-refractivity contribution in [2.24, 2.45) is 0 Å². The lowest BCUT2D eigenvalue weighted by Crippen LogP contribution is -2.39. The number of hydrogen-bond acceptors (Lipinski definition) is 5. The van der Waals surface area contributed by atoms with Crippen molar-refractivity contribution in [3.05, 3.63) is 53.2 Å². The lowest BCUT2D eigenvalue weighted by atomic mass is 9.87. The molecule has 7 nitrogen and oxygen atoms in total. The molecule has 2 N–H and O–H groups in total. The van der Waals surface area contributed by atoms with Crippen molar-refractivity contribution in [3.63, 3.8) is 0 Å². The molecule has 1 aromatic heterocycles. The zero-order valence-corrected chi connectivity index (χ0v) is 17.1. The van der Waals surface area contributed by atoms with Crippen molar-refractivity contribution >= 4 is 18.2 Å². The van der Waals surface area contributed by atoms with Crippen LogP contribution in [-0.2, 0) is 11.0 Å². The fourth-order valence-corrected chi connectivity index (χ4v) is 3.56. The lowest BCUT2D eigenvalue weighted by molar-refractivity contribution is -0.138. The molecule has 1 fully saturated rings. The SMILES string of the molecule is CNc1cc(C(=O)N2CCCC(c3ccc(OC)cc3C(F)(F)F)C2)ccn1.O=CO. The molecular weight excluding hydrogens is 415 g/mol. The second kappa shape index (κ2) is 10.6. The largest absolute Gasteiger partial charge is 0.497 e. The average molecular weight is 439 g/mol. The maximum Gasteiger partial charge on any atom is 0.416 e. The number of anilines is 1. The Labute approximate surface area is 177 Å². The number of benzene rings is 1. The molecule has 168 valence electrons. The summed E-state index contributed by atoms with van der Waals surface area (Å²) in [6, 6.07) is 7.28. The summed E-state index contributed by atoms with van der Waals surface area (Å²) in [7, 11) is 3.04. The van der Waals surface area contributed by atoms with Gasteiger partial charge in [0.2, 0.25) is 0 Å². The van der Waals surface area contributed by atoms with Crippen LogP contribution in [0, 0.1) is 0 Å². The van der Waals surface area contributed by atoms with Crippen LogP contribution in [0.25, 0.3) is 0 Å². The van der Waals surface area contributed by atoms with E-state index >= 15 is 0 Å². The molecule has 1 atom stereocenters. The zero-order valence-electron chi connectivity index (χ0n) is 17.1. The smallest absolute Gasteiger partial charge is 0.416 e. The minimum atomic E-state index is -4.48. The Balaban J connectivity index is 0.00000107. The Morgan fingerprint density at radius 2 is 2.03 bits per heavy atom. The number of ether oxygens (including phenoxy) is 1. The van der Waals surface area contributed by atoms with E-state index in [2.05, 4.69) is 10.3 Å². The van der Waals surface area contributed by atoms with Gasteiger partial charge < -0.3 is 20.1 Å². The van der Waals surface area contributed by atoms with Crippen LogP contribution >= 0.6 is 0 Å². The number of amides is 1. The molecule has 1 aromatic carbocycles. The van der Waals surface area contributed by atoms with Crippen LogP contribution < -0.4 is 10.1 Å². The van der Waals surface area contributed by atoms with Gasteiger partial charge in [0.05, 0.1) is 12.7 Å². The average Bonchev–Trinajstić information content (AvgIpc) is 2.78. The third kappa shape index (κ3) is 6.09. The van der Waals surface area contributed by atoms with Crippen LogP contribution in [0.15, 0.2) is 36.5 Å². The van der Waals surface area contributed by atoms with Crippen LogP contribution in [0.4, 0.5) is 19.0 Å². The van der Waals surface area contributed by atoms with E-state index in [1.54, 1.807) is 24.1 Å². The number of hydrogen-bond donors (Lipinski definition) is 2. The molecule has 1 amide bonds. The second-order valence-electron chi connectivity index (χ2n) is 6.83. The number of alkyl halides is 3. The summed E-state index contributed by atoms with van der Waals surface area (Å²) < 4.78 is 45.7. The molecule has 1 aliphatic heterocycles. The van der Waals surface area contributed by atoms with Crippen molar-refractivity contribution in [1.82, 2.24) is 9.88 Å². The first-order valence-corrected chi connectivity index (χ1v) is 9.51. The van der Waals surface area contributed by atoms with Crippen molar-refractivity contribution in [1.29, 1.82) is 0 Å². The molecule has 0 spiro atoms. The Morgan fingerprint density at radius 1 is 1.32 bits per heavy atom. The van der Waals surface area contributed by atoms with Crippen LogP contribution in [0.3, 0.4) is 0 Å². The molecule has 31 heavy (non-hydrogen) atoms. The first-order valence-electron chi connectivity index (χ1n) is 9.51. The molecule has 0 aliphatic carbocycles. The van der Waals surface area contributed by atoms with E-state index < -0.39 is 11.7 Å². The highest BCUT2D eigenvalue weighted by atomic mass is 19.4. The fourth-order valence-electron chi connectivity index (χ4n) is 3.56. The normalized spacial score (nSPS) is 16.0. The standard InChI is InChI=1S/C20H22F3N3O2.CH2O2/c1-24-18-10-13(7-8-25-18)19(27)26-9-3-4-14(12-26)16-6-5-15(28-2)11-17(16)20(21,22)23;2-1-3/h5-8,10-11,14H,3-4,9,12H2,1-2H3,(H,24,25);1H,(H,2,3). The number of nitrogens with one attached hydrogen (secondary N) is 1. The molecule has 2 aromatic rings. The summed E-state index contributed by atoms with van der Waals surface area (Å²) in [5.41, 5.74) is -0.0326. The minimum absolute atomic E-state index is 0.163. The van der Waals surface area contributed by atoms with Gasteiger partial charge in [0.1, 0.15) is 11.6 Å². The van der Waals surface area contributed by atoms with E-state index in [4.69, 9.17) is 14.6 Å². The van der Waals surface area contributed by atoms with Crippen LogP contribution in [0.5, 0.6) is 5.75 Å². The van der Waals surface area contributed by atoms with Crippen molar-refractivity contribution < 1.29 is 32.6 Å². The fraction of sp³-hybridized carbons (Fsp3) is 0.381. The van der Waals surface area contributed by atoms with Gasteiger partial charge in [-0.25, -0.2) is 4.98 Å². The highest BCUT2D eigenvalue weighted by Gasteiger charge is 2.37. The van der Waals surface area contributed by atoms with Crippen molar-refractivity contribution in [2.45, 2.75) is 24.9 Å². The number of carboxylic acid groups (broad SMARTS) is 1. The van der Waals surface area contributed by atoms with Gasteiger partial charge in [-0.05, 0) is 42.7 Å². The summed E-state index contributed by atoms with van der Waals surface area (Å²) in [5.74, 6) is 0.140. The molecule has 0 radical (unpaired) electrons. The maximum absolute atomic E-state index is 13.6. The molecule has 0 bridgehead atoms. The summed E-state index contributed by atoms with van der Waals surface area (Å²) in [6.07, 6.45) is -1.71. The first kappa shape index (κ1) is 24.0. The second-order valence-corrected chi connectivity index (χ2v) is 6.83. The quantitative estimate of drug-likeness (QED) is 0.703. The molecule has 1 saturated heterocycles. The first-order chi connectivity index (χ1) is 14.7. The summed E-state index contributed by atoms with van der Waals surface area (Å²) in [5, 5.41) is 9.76. The number of aromatic nitrogens is 1. The maximum atomic E-state index is 13.6. The highest BCUT2D eigenvalue weighted by Crippen LogP contribution is 2.40. The molecule has 3 rings (SSSR count). The van der Waals surface area contributed by atoms with E-state index in [0.717, 1.165) is 6.07 Å². The number of piperidine rings is 1. The predicted octanol–water partition coefficient (Wildman–Crippen LogP) is 3.87. The van der Waals surface area contributed by atoms with Crippen LogP contribution in [-0.4, -0.2) is 54.6 Å². The number of halogens is 3. The number of rotatable bonds is 4. The minimum Gasteiger partial charge on any atom is -0.497 e. The zero-order chi connectivity index (χ0) is 23.0. The summed E-state index contributed by atoms with van der Waals surface area (Å²) in [4.78, 5) is 26.9. The monoisotopic (exact) mass is 439 g/mol. The Hall–Kier alpha value is -3.30. The van der Waals surface area contributed by atoms with Gasteiger partial charge in [0, 0.05) is 37.8 Å². The topological polar surface area (TPSA) is 91.8 Å². The van der Waals surface area contributed by atoms with Crippen LogP contribution in [0.2, 0.25) is 0 Å². The number of pyridine rings is 1. The number of likely N-dealkylation sites (tertiary alicyclic amines) is 1. The summed E-state index contributed by atoms with van der Waals surface area (Å²) >= 11 is 0. The summed E-state index contributed by atoms with van der Waals surface area (Å²) in [6.45, 7) is 0.509. The van der Waals surface area contributed by atoms with Gasteiger partial charge in [-0.1, -0.05) is 6.07 Å². The van der Waals surface area contributed by atoms with Gasteiger partial charge in [0.25, 0.3) is 12.4 Å². The van der Waals surface area contributed by atoms with E-state index in [0.29, 0.717) is 30.8 Å². The van der Waals surface area contributed by atoms with Gasteiger partial charge in [-0.3, -0.25) is 9.59 Å². The van der Waals surface area contributed by atoms with Gasteiger partial charge in [-0.15, -0.1) is 0 Å². The van der Waals surface area contributed by atoms with Gasteiger partial charge >= 0.3 is 6.18 Å². The highest BCUT2D eigenvalue weighted by molar-refractivity contribution is 5.95. The number of carbonyl (C=O) groups excluding carboxylic acids is 1. The number of methoxy groups -OCH3 is 1. The van der Waals surface area contributed by atoms with Crippen molar-refractivity contribution in [2.75, 3.05) is 32.6 Å².